The second-order valence-electron chi connectivity index (χ2n) is 6.64. The fraction of sp³-hybridized carbons (Fsp3) is 0. The zero-order chi connectivity index (χ0) is 17.3. The van der Waals surface area contributed by atoms with E-state index in [1.54, 1.807) is 0 Å². The molecule has 0 aliphatic rings. The van der Waals surface area contributed by atoms with Crippen molar-refractivity contribution in [2.45, 2.75) is 0 Å². The standard InChI is InChI=1S/2C13H9.Ca/c2*1-3-7-12-10(5-1)9-11-6-2-4-8-13(11)12;/h2*1-9H;/q2*-1;+2. The molecule has 0 bridgehead atoms. The molecule has 0 aliphatic heterocycles. The Hall–Kier alpha value is -2.12. The van der Waals surface area contributed by atoms with Crippen LogP contribution in [0.5, 0.6) is 0 Å². The predicted octanol–water partition coefficient (Wildman–Crippen LogP) is 7.04. The summed E-state index contributed by atoms with van der Waals surface area (Å²) in [7, 11) is 0. The van der Waals surface area contributed by atoms with Crippen molar-refractivity contribution >= 4 is 80.8 Å². The maximum atomic E-state index is 2.24. The van der Waals surface area contributed by atoms with E-state index in [9.17, 15) is 0 Å². The summed E-state index contributed by atoms with van der Waals surface area (Å²) >= 11 is 0. The first-order chi connectivity index (χ1) is 12.9. The van der Waals surface area contributed by atoms with Crippen LogP contribution in [0.3, 0.4) is 0 Å². The molecule has 6 rings (SSSR count). The molecule has 0 unspecified atom stereocenters. The first-order valence-corrected chi connectivity index (χ1v) is 8.96. The number of benzene rings is 4. The van der Waals surface area contributed by atoms with E-state index in [0.717, 1.165) is 0 Å². The Kier molecular flexibility index (Phi) is 5.31. The van der Waals surface area contributed by atoms with Crippen molar-refractivity contribution in [1.29, 1.82) is 0 Å². The molecule has 0 atom stereocenters. The summed E-state index contributed by atoms with van der Waals surface area (Å²) in [5, 5.41) is 10.8. The van der Waals surface area contributed by atoms with Gasteiger partial charge in [0, 0.05) is 0 Å². The van der Waals surface area contributed by atoms with Gasteiger partial charge in [-0.05, 0) is 0 Å². The summed E-state index contributed by atoms with van der Waals surface area (Å²) in [5.41, 5.74) is 0. The molecule has 0 aliphatic carbocycles. The first-order valence-electron chi connectivity index (χ1n) is 8.96. The molecule has 124 valence electrons. The Morgan fingerprint density at radius 2 is 0.556 bits per heavy atom. The third-order valence-electron chi connectivity index (χ3n) is 5.05. The molecule has 0 aromatic heterocycles. The maximum absolute atomic E-state index is 2.24. The molecular weight excluding hydrogens is 352 g/mol. The molecule has 0 amide bonds. The van der Waals surface area contributed by atoms with Gasteiger partial charge in [-0.3, -0.25) is 0 Å². The fourth-order valence-electron chi connectivity index (χ4n) is 3.81. The minimum Gasteiger partial charge on any atom is -0.126 e. The summed E-state index contributed by atoms with van der Waals surface area (Å²) < 4.78 is 0. The van der Waals surface area contributed by atoms with E-state index in [-0.39, 0.29) is 37.7 Å². The van der Waals surface area contributed by atoms with Crippen LogP contribution in [-0.4, -0.2) is 37.7 Å². The monoisotopic (exact) mass is 370 g/mol. The van der Waals surface area contributed by atoms with Gasteiger partial charge in [-0.25, -0.2) is 0 Å². The van der Waals surface area contributed by atoms with Crippen molar-refractivity contribution < 1.29 is 0 Å². The molecular formula is C26H18Ca. The zero-order valence-corrected chi connectivity index (χ0v) is 17.3. The van der Waals surface area contributed by atoms with Crippen LogP contribution in [-0.2, 0) is 0 Å². The average molecular weight is 371 g/mol. The summed E-state index contributed by atoms with van der Waals surface area (Å²) in [6.07, 6.45) is 0. The van der Waals surface area contributed by atoms with Gasteiger partial charge >= 0.3 is 37.7 Å². The maximum Gasteiger partial charge on any atom is 2.00 e. The Balaban J connectivity index is 0.000000129. The average Bonchev–Trinajstić information content (AvgIpc) is 3.27. The Morgan fingerprint density at radius 1 is 0.333 bits per heavy atom. The molecule has 0 fully saturated rings. The van der Waals surface area contributed by atoms with Crippen molar-refractivity contribution in [3.63, 3.8) is 0 Å². The number of hydrogen-bond donors (Lipinski definition) is 0. The first kappa shape index (κ1) is 18.3. The van der Waals surface area contributed by atoms with Gasteiger partial charge in [0.25, 0.3) is 0 Å². The van der Waals surface area contributed by atoms with Crippen LogP contribution >= 0.6 is 0 Å². The second-order valence-corrected chi connectivity index (χ2v) is 6.64. The molecule has 6 aromatic rings. The number of fused-ring (bicyclic) bond motifs is 6. The normalized spacial score (nSPS) is 10.7. The van der Waals surface area contributed by atoms with E-state index >= 15 is 0 Å². The van der Waals surface area contributed by atoms with Crippen LogP contribution in [0.1, 0.15) is 0 Å². The third kappa shape index (κ3) is 3.41. The van der Waals surface area contributed by atoms with Crippen molar-refractivity contribution in [2.24, 2.45) is 0 Å². The minimum atomic E-state index is 0. The van der Waals surface area contributed by atoms with E-state index in [2.05, 4.69) is 109 Å². The zero-order valence-electron chi connectivity index (χ0n) is 15.1. The van der Waals surface area contributed by atoms with Crippen LogP contribution in [0.25, 0.3) is 43.1 Å². The van der Waals surface area contributed by atoms with Gasteiger partial charge in [0.2, 0.25) is 0 Å². The van der Waals surface area contributed by atoms with Crippen LogP contribution in [0, 0.1) is 0 Å². The summed E-state index contributed by atoms with van der Waals surface area (Å²) in [5.74, 6) is 0. The summed E-state index contributed by atoms with van der Waals surface area (Å²) in [6.45, 7) is 0. The molecule has 0 N–H and O–H groups in total. The van der Waals surface area contributed by atoms with Crippen LogP contribution in [0.4, 0.5) is 0 Å². The van der Waals surface area contributed by atoms with Gasteiger partial charge < -0.3 is 0 Å². The molecule has 27 heavy (non-hydrogen) atoms. The van der Waals surface area contributed by atoms with Crippen LogP contribution in [0.15, 0.2) is 109 Å². The minimum absolute atomic E-state index is 0. The van der Waals surface area contributed by atoms with Gasteiger partial charge in [0.1, 0.15) is 0 Å². The summed E-state index contributed by atoms with van der Waals surface area (Å²) in [4.78, 5) is 0. The fourth-order valence-corrected chi connectivity index (χ4v) is 3.81. The predicted molar refractivity (Wildman–Crippen MR) is 120 cm³/mol. The van der Waals surface area contributed by atoms with Gasteiger partial charge in [-0.15, -0.1) is 79.5 Å². The largest absolute Gasteiger partial charge is 2.00 e. The second kappa shape index (κ2) is 7.86. The Labute approximate surface area is 188 Å². The van der Waals surface area contributed by atoms with Crippen molar-refractivity contribution in [3.8, 4) is 0 Å². The van der Waals surface area contributed by atoms with E-state index in [0.29, 0.717) is 0 Å². The smallest absolute Gasteiger partial charge is 0.126 e. The van der Waals surface area contributed by atoms with Gasteiger partial charge in [-0.2, -0.15) is 0 Å². The van der Waals surface area contributed by atoms with E-state index in [4.69, 9.17) is 0 Å². The van der Waals surface area contributed by atoms with Crippen molar-refractivity contribution in [3.05, 3.63) is 109 Å². The molecule has 0 heterocycles. The summed E-state index contributed by atoms with van der Waals surface area (Å²) in [6, 6.07) is 38.5. The quantitative estimate of drug-likeness (QED) is 0.199. The third-order valence-corrected chi connectivity index (χ3v) is 5.05. The van der Waals surface area contributed by atoms with Gasteiger partial charge in [0.15, 0.2) is 0 Å². The van der Waals surface area contributed by atoms with Gasteiger partial charge in [-0.1, -0.05) is 72.8 Å². The molecule has 1 heteroatoms. The van der Waals surface area contributed by atoms with Crippen molar-refractivity contribution in [2.75, 3.05) is 0 Å². The topological polar surface area (TPSA) is 0 Å². The molecule has 0 nitrogen and oxygen atoms in total. The van der Waals surface area contributed by atoms with E-state index in [1.807, 2.05) is 0 Å². The van der Waals surface area contributed by atoms with Crippen LogP contribution < -0.4 is 0 Å². The van der Waals surface area contributed by atoms with Crippen molar-refractivity contribution in [1.82, 2.24) is 0 Å². The number of hydrogen-bond acceptors (Lipinski definition) is 0. The van der Waals surface area contributed by atoms with E-state index < -0.39 is 0 Å². The van der Waals surface area contributed by atoms with Crippen LogP contribution in [0.2, 0.25) is 0 Å². The SMILES string of the molecule is [Ca+2].c1ccc2c(c1)[cH-]c1ccccc12.c1ccc2c(c1)[cH-]c1ccccc12. The number of rotatable bonds is 0. The van der Waals surface area contributed by atoms with Gasteiger partial charge in [0.05, 0.1) is 0 Å². The molecule has 0 radical (unpaired) electrons. The Morgan fingerprint density at radius 3 is 0.815 bits per heavy atom. The molecule has 6 aromatic carbocycles. The molecule has 0 saturated heterocycles. The van der Waals surface area contributed by atoms with E-state index in [1.165, 1.54) is 43.1 Å². The molecule has 0 spiro atoms. The molecule has 0 saturated carbocycles. The Bertz CT molecular complexity index is 1130.